The summed E-state index contributed by atoms with van der Waals surface area (Å²) in [6.07, 6.45) is 2.70. The molecule has 0 aromatic carbocycles. The first-order valence-corrected chi connectivity index (χ1v) is 11.3. The number of rotatable bonds is 13. The van der Waals surface area contributed by atoms with E-state index in [4.69, 9.17) is 24.9 Å². The monoisotopic (exact) mass is 440 g/mol. The van der Waals surface area contributed by atoms with Crippen molar-refractivity contribution in [3.05, 3.63) is 30.1 Å². The fraction of sp³-hybridized carbons (Fsp3) is 0.545. The van der Waals surface area contributed by atoms with E-state index in [1.807, 2.05) is 25.1 Å². The maximum Gasteiger partial charge on any atom is 0.228 e. The molecule has 10 heteroatoms. The molecule has 2 aromatic heterocycles. The highest BCUT2D eigenvalue weighted by Crippen LogP contribution is 2.34. The molecule has 4 N–H and O–H groups in total. The molecule has 1 unspecified atom stereocenters. The number of pyridine rings is 1. The number of fused-ring (bicyclic) bond motifs is 1. The number of piperazine rings is 1. The van der Waals surface area contributed by atoms with Gasteiger partial charge in [0.15, 0.2) is 5.82 Å². The lowest BCUT2D eigenvalue weighted by Gasteiger charge is -2.56. The van der Waals surface area contributed by atoms with Crippen LogP contribution < -0.4 is 20.9 Å². The van der Waals surface area contributed by atoms with Crippen LogP contribution in [-0.2, 0) is 9.47 Å². The van der Waals surface area contributed by atoms with Gasteiger partial charge in [0.1, 0.15) is 17.2 Å². The fourth-order valence-electron chi connectivity index (χ4n) is 3.72. The molecule has 2 aromatic rings. The zero-order valence-electron chi connectivity index (χ0n) is 18.7. The molecule has 0 bridgehead atoms. The summed E-state index contributed by atoms with van der Waals surface area (Å²) in [6, 6.07) is 6.59. The average Bonchev–Trinajstić information content (AvgIpc) is 2.80. The predicted octanol–water partition coefficient (Wildman–Crippen LogP) is 2.02. The Balaban J connectivity index is 1.65. The summed E-state index contributed by atoms with van der Waals surface area (Å²) < 4.78 is 11.1. The number of hydrogen-bond acceptors (Lipinski definition) is 10. The summed E-state index contributed by atoms with van der Waals surface area (Å²) in [4.78, 5) is 16.2. The van der Waals surface area contributed by atoms with Gasteiger partial charge in [-0.2, -0.15) is 4.98 Å². The predicted molar refractivity (Wildman–Crippen MR) is 125 cm³/mol. The first-order chi connectivity index (χ1) is 15.7. The van der Waals surface area contributed by atoms with Crippen molar-refractivity contribution in [3.63, 3.8) is 0 Å². The minimum atomic E-state index is 0.185. The van der Waals surface area contributed by atoms with Gasteiger partial charge in [0.2, 0.25) is 5.95 Å². The number of anilines is 4. The molecule has 2 aliphatic heterocycles. The molecule has 2 atom stereocenters. The quantitative estimate of drug-likeness (QED) is 0.274. The molecule has 0 aliphatic carbocycles. The number of nitrogens with one attached hydrogen (secondary N) is 4. The molecule has 2 saturated heterocycles. The maximum absolute atomic E-state index is 8.65. The summed E-state index contributed by atoms with van der Waals surface area (Å²) in [5, 5.41) is 18.8. The highest BCUT2D eigenvalue weighted by atomic mass is 16.5. The molecule has 172 valence electrons. The van der Waals surface area contributed by atoms with Gasteiger partial charge in [-0.3, -0.25) is 0 Å². The lowest BCUT2D eigenvalue weighted by Crippen LogP contribution is -2.78. The second-order valence-corrected chi connectivity index (χ2v) is 7.83. The van der Waals surface area contributed by atoms with Crippen LogP contribution in [0.3, 0.4) is 0 Å². The van der Waals surface area contributed by atoms with Crippen molar-refractivity contribution in [2.45, 2.75) is 32.4 Å². The maximum atomic E-state index is 8.65. The third-order valence-electron chi connectivity index (χ3n) is 5.55. The van der Waals surface area contributed by atoms with Crippen molar-refractivity contribution < 1.29 is 9.47 Å². The summed E-state index contributed by atoms with van der Waals surface area (Å²) >= 11 is 0. The van der Waals surface area contributed by atoms with Crippen molar-refractivity contribution in [1.82, 2.24) is 20.3 Å². The van der Waals surface area contributed by atoms with E-state index >= 15 is 0 Å². The Kier molecular flexibility index (Phi) is 7.46. The van der Waals surface area contributed by atoms with Gasteiger partial charge in [-0.25, -0.2) is 9.97 Å². The van der Waals surface area contributed by atoms with E-state index in [0.29, 0.717) is 73.1 Å². The number of nitrogens with zero attached hydrogens (tertiary/aromatic N) is 4. The molecule has 0 saturated carbocycles. The average molecular weight is 441 g/mol. The smallest absolute Gasteiger partial charge is 0.228 e. The lowest BCUT2D eigenvalue weighted by atomic mass is 9.89. The highest BCUT2D eigenvalue weighted by Gasteiger charge is 2.47. The molecule has 2 fully saturated rings. The molecule has 4 rings (SSSR count). The van der Waals surface area contributed by atoms with Crippen LogP contribution in [0.2, 0.25) is 0 Å². The van der Waals surface area contributed by atoms with Crippen molar-refractivity contribution in [3.8, 4) is 0 Å². The van der Waals surface area contributed by atoms with E-state index in [1.54, 1.807) is 6.20 Å². The minimum Gasteiger partial charge on any atom is -0.380 e. The van der Waals surface area contributed by atoms with Crippen LogP contribution in [0.25, 0.3) is 0 Å². The third-order valence-corrected chi connectivity index (χ3v) is 5.55. The van der Waals surface area contributed by atoms with Gasteiger partial charge in [0.25, 0.3) is 0 Å². The standard InChI is InChI=1S/C22H32N8O2/c1-3-10-32-11-9-25-20-19(15(23)14-31-4-2)28-22(30-13-16-17(30)12-26-16)29-21(20)27-18-7-5-6-8-24-18/h5-8,16-17,23,25-26H,3-4,9-14H2,1-2H3,(H,24,27,28,29)/t16?,17-/m1/s1. The number of hydrogen-bond donors (Lipinski definition) is 4. The lowest BCUT2D eigenvalue weighted by molar-refractivity contribution is 0.144. The van der Waals surface area contributed by atoms with Gasteiger partial charge in [0, 0.05) is 45.1 Å². The summed E-state index contributed by atoms with van der Waals surface area (Å²) in [5.41, 5.74) is 1.50. The van der Waals surface area contributed by atoms with E-state index in [-0.39, 0.29) is 6.61 Å². The molecule has 2 aliphatic rings. The molecule has 0 amide bonds. The Bertz CT molecular complexity index is 910. The summed E-state index contributed by atoms with van der Waals surface area (Å²) in [6.45, 7) is 8.36. The summed E-state index contributed by atoms with van der Waals surface area (Å²) in [7, 11) is 0. The normalized spacial score (nSPS) is 19.0. The zero-order valence-corrected chi connectivity index (χ0v) is 18.7. The molecular formula is C22H32N8O2. The number of ether oxygens (including phenoxy) is 2. The van der Waals surface area contributed by atoms with Gasteiger partial charge >= 0.3 is 0 Å². The topological polar surface area (TPSA) is 120 Å². The van der Waals surface area contributed by atoms with Crippen LogP contribution in [0.1, 0.15) is 26.0 Å². The molecule has 0 radical (unpaired) electrons. The molecular weight excluding hydrogens is 408 g/mol. The van der Waals surface area contributed by atoms with Crippen molar-refractivity contribution in [2.75, 3.05) is 61.6 Å². The van der Waals surface area contributed by atoms with Crippen LogP contribution >= 0.6 is 0 Å². The Morgan fingerprint density at radius 3 is 2.81 bits per heavy atom. The molecule has 0 spiro atoms. The molecule has 4 heterocycles. The van der Waals surface area contributed by atoms with Crippen LogP contribution in [0.5, 0.6) is 0 Å². The van der Waals surface area contributed by atoms with Crippen molar-refractivity contribution >= 4 is 29.0 Å². The third kappa shape index (κ3) is 4.98. The van der Waals surface area contributed by atoms with Crippen molar-refractivity contribution in [1.29, 1.82) is 5.41 Å². The van der Waals surface area contributed by atoms with Gasteiger partial charge in [-0.05, 0) is 25.5 Å². The minimum absolute atomic E-state index is 0.185. The Hall–Kier alpha value is -2.82. The van der Waals surface area contributed by atoms with Crippen LogP contribution in [0.4, 0.5) is 23.3 Å². The largest absolute Gasteiger partial charge is 0.380 e. The van der Waals surface area contributed by atoms with E-state index in [0.717, 1.165) is 19.5 Å². The van der Waals surface area contributed by atoms with Gasteiger partial charge in [-0.15, -0.1) is 0 Å². The second-order valence-electron chi connectivity index (χ2n) is 7.83. The van der Waals surface area contributed by atoms with Gasteiger partial charge in [-0.1, -0.05) is 13.0 Å². The van der Waals surface area contributed by atoms with E-state index in [9.17, 15) is 0 Å². The zero-order chi connectivity index (χ0) is 22.3. The SMILES string of the molecule is CCCOCCNc1c(Nc2ccccn2)nc(N2CC3NC[C@H]32)nc1C(=N)COCC. The molecule has 32 heavy (non-hydrogen) atoms. The van der Waals surface area contributed by atoms with E-state index < -0.39 is 0 Å². The van der Waals surface area contributed by atoms with Crippen molar-refractivity contribution in [2.24, 2.45) is 0 Å². The number of aromatic nitrogens is 3. The first kappa shape index (κ1) is 22.4. The van der Waals surface area contributed by atoms with Crippen LogP contribution in [0, 0.1) is 5.41 Å². The molecule has 10 nitrogen and oxygen atoms in total. The first-order valence-electron chi connectivity index (χ1n) is 11.3. The fourth-order valence-corrected chi connectivity index (χ4v) is 3.72. The van der Waals surface area contributed by atoms with Crippen LogP contribution in [-0.4, -0.2) is 78.8 Å². The van der Waals surface area contributed by atoms with Gasteiger partial charge in [0.05, 0.1) is 25.0 Å². The van der Waals surface area contributed by atoms with Gasteiger partial charge < -0.3 is 35.7 Å². The summed E-state index contributed by atoms with van der Waals surface area (Å²) in [5.74, 6) is 1.89. The van der Waals surface area contributed by atoms with E-state index in [2.05, 4.69) is 32.8 Å². The highest BCUT2D eigenvalue weighted by molar-refractivity contribution is 6.04. The Morgan fingerprint density at radius 2 is 2.16 bits per heavy atom. The second kappa shape index (κ2) is 10.7. The Morgan fingerprint density at radius 1 is 1.25 bits per heavy atom. The van der Waals surface area contributed by atoms with E-state index in [1.165, 1.54) is 0 Å². The Labute approximate surface area is 188 Å². The van der Waals surface area contributed by atoms with Crippen LogP contribution in [0.15, 0.2) is 24.4 Å².